The van der Waals surface area contributed by atoms with Crippen molar-refractivity contribution in [2.45, 2.75) is 25.4 Å². The number of benzene rings is 2. The number of hydrogen-bond acceptors (Lipinski definition) is 6. The number of likely N-dealkylation sites (tertiary alicyclic amines) is 1. The smallest absolute Gasteiger partial charge is 0.148 e. The number of fused-ring (bicyclic) bond motifs is 1. The lowest BCUT2D eigenvalue weighted by Gasteiger charge is -2.44. The first-order valence-electron chi connectivity index (χ1n) is 9.19. The van der Waals surface area contributed by atoms with Crippen LogP contribution in [0.15, 0.2) is 48.5 Å². The van der Waals surface area contributed by atoms with E-state index in [-0.39, 0.29) is 11.9 Å². The lowest BCUT2D eigenvalue weighted by Crippen LogP contribution is -2.48. The normalized spacial score (nSPS) is 23.3. The minimum atomic E-state index is -3.42. The van der Waals surface area contributed by atoms with E-state index in [1.807, 2.05) is 18.2 Å². The molecule has 2 aromatic carbocycles. The highest BCUT2D eigenvalue weighted by molar-refractivity contribution is 8.27. The van der Waals surface area contributed by atoms with Crippen molar-refractivity contribution >= 4 is 28.0 Å². The van der Waals surface area contributed by atoms with Gasteiger partial charge in [0.1, 0.15) is 11.5 Å². The molecule has 6 nitrogen and oxygen atoms in total. The second-order valence-electron chi connectivity index (χ2n) is 6.93. The van der Waals surface area contributed by atoms with Crippen molar-refractivity contribution in [3.05, 3.63) is 54.3 Å². The highest BCUT2D eigenvalue weighted by atomic mass is 32.3. The van der Waals surface area contributed by atoms with Crippen LogP contribution in [0, 0.1) is 5.82 Å². The Morgan fingerprint density at radius 3 is 2.33 bits per heavy atom. The summed E-state index contributed by atoms with van der Waals surface area (Å²) in [7, 11) is -3.42. The minimum absolute atomic E-state index is 0.000975. The molecule has 0 radical (unpaired) electrons. The van der Waals surface area contributed by atoms with Crippen LogP contribution >= 0.6 is 11.0 Å². The molecule has 0 aromatic heterocycles. The Morgan fingerprint density at radius 2 is 1.63 bits per heavy atom. The summed E-state index contributed by atoms with van der Waals surface area (Å²) in [5, 5.41) is 0. The summed E-state index contributed by atoms with van der Waals surface area (Å²) in [4.78, 5) is 2.17. The second kappa shape index (κ2) is 7.29. The fourth-order valence-electron chi connectivity index (χ4n) is 3.84. The van der Waals surface area contributed by atoms with Crippen LogP contribution in [0.3, 0.4) is 0 Å². The molecule has 2 heterocycles. The molecule has 0 amide bonds. The molecule has 2 aromatic rings. The summed E-state index contributed by atoms with van der Waals surface area (Å²) in [6.07, 6.45) is 3.18. The van der Waals surface area contributed by atoms with Gasteiger partial charge in [0.25, 0.3) is 0 Å². The van der Waals surface area contributed by atoms with Crippen LogP contribution < -0.4 is 14.3 Å². The third kappa shape index (κ3) is 3.28. The summed E-state index contributed by atoms with van der Waals surface area (Å²) in [6.45, 7) is 1.93. The van der Waals surface area contributed by atoms with Gasteiger partial charge in [-0.1, -0.05) is 24.3 Å². The summed E-state index contributed by atoms with van der Waals surface area (Å²) in [6, 6.07) is 13.4. The van der Waals surface area contributed by atoms with Gasteiger partial charge in [-0.2, -0.15) is 0 Å². The number of nitrogens with two attached hydrogens (primary N) is 1. The molecular formula is C19H25FN4O2S. The van der Waals surface area contributed by atoms with Gasteiger partial charge in [-0.3, -0.25) is 18.3 Å². The molecule has 4 N–H and O–H groups in total. The minimum Gasteiger partial charge on any atom is -0.316 e. The Balaban J connectivity index is 1.65. The van der Waals surface area contributed by atoms with Crippen LogP contribution in [-0.2, 0) is 0 Å². The van der Waals surface area contributed by atoms with Gasteiger partial charge in [0.2, 0.25) is 0 Å². The van der Waals surface area contributed by atoms with Gasteiger partial charge >= 0.3 is 0 Å². The summed E-state index contributed by atoms with van der Waals surface area (Å²) in [5.41, 5.74) is 7.62. The number of nitrogens with zero attached hydrogens (tertiary/aromatic N) is 3. The van der Waals surface area contributed by atoms with Crippen LogP contribution in [0.5, 0.6) is 0 Å². The van der Waals surface area contributed by atoms with Crippen LogP contribution in [0.25, 0.3) is 0 Å². The van der Waals surface area contributed by atoms with Crippen molar-refractivity contribution < 1.29 is 13.5 Å². The predicted molar refractivity (Wildman–Crippen MR) is 109 cm³/mol. The summed E-state index contributed by atoms with van der Waals surface area (Å²) >= 11 is 0. The molecular weight excluding hydrogens is 367 g/mol. The standard InChI is InChI=1S/C19H25FN4O2S/c20-15-7-1-2-8-16(15)24-18-10-4-3-9-17(18)23(27(24,25)26)14-13-22-12-6-5-11-19(22)21/h1-4,7-10,19,25-26H,5-6,11-14,21H2. The van der Waals surface area contributed by atoms with E-state index in [4.69, 9.17) is 5.73 Å². The van der Waals surface area contributed by atoms with E-state index in [0.717, 1.165) is 25.8 Å². The van der Waals surface area contributed by atoms with Gasteiger partial charge in [-0.15, -0.1) is 0 Å². The number of para-hydroxylation sites is 3. The topological polar surface area (TPSA) is 76.2 Å². The van der Waals surface area contributed by atoms with Gasteiger partial charge in [0.05, 0.1) is 24.1 Å². The lowest BCUT2D eigenvalue weighted by atomic mass is 10.1. The lowest BCUT2D eigenvalue weighted by molar-refractivity contribution is 0.157. The number of hydrogen-bond donors (Lipinski definition) is 3. The zero-order valence-electron chi connectivity index (χ0n) is 15.0. The highest BCUT2D eigenvalue weighted by Crippen LogP contribution is 2.64. The molecule has 27 heavy (non-hydrogen) atoms. The Hall–Kier alpha value is -1.84. The van der Waals surface area contributed by atoms with Gasteiger partial charge in [0.15, 0.2) is 0 Å². The van der Waals surface area contributed by atoms with Gasteiger partial charge < -0.3 is 5.73 Å². The molecule has 0 saturated carbocycles. The van der Waals surface area contributed by atoms with Gasteiger partial charge in [-0.25, -0.2) is 8.70 Å². The fraction of sp³-hybridized carbons (Fsp3) is 0.368. The summed E-state index contributed by atoms with van der Waals surface area (Å²) < 4.78 is 39.5. The molecule has 8 heteroatoms. The second-order valence-corrected chi connectivity index (χ2v) is 8.71. The Morgan fingerprint density at radius 1 is 0.963 bits per heavy atom. The van der Waals surface area contributed by atoms with Crippen LogP contribution in [0.1, 0.15) is 19.3 Å². The molecule has 146 valence electrons. The molecule has 2 aliphatic rings. The third-order valence-electron chi connectivity index (χ3n) is 5.24. The van der Waals surface area contributed by atoms with Crippen LogP contribution in [-0.4, -0.2) is 39.8 Å². The Kier molecular flexibility index (Phi) is 5.00. The first-order chi connectivity index (χ1) is 13.0. The quantitative estimate of drug-likeness (QED) is 0.726. The van der Waals surface area contributed by atoms with Gasteiger partial charge in [-0.05, 0) is 61.0 Å². The van der Waals surface area contributed by atoms with Crippen molar-refractivity contribution in [2.75, 3.05) is 28.2 Å². The first-order valence-corrected chi connectivity index (χ1v) is 10.7. The van der Waals surface area contributed by atoms with E-state index in [0.29, 0.717) is 24.5 Å². The van der Waals surface area contributed by atoms with Crippen LogP contribution in [0.4, 0.5) is 21.5 Å². The predicted octanol–water partition coefficient (Wildman–Crippen LogP) is 4.14. The fourth-order valence-corrected chi connectivity index (χ4v) is 5.62. The molecule has 4 rings (SSSR count). The van der Waals surface area contributed by atoms with Crippen molar-refractivity contribution in [3.8, 4) is 0 Å². The molecule has 1 saturated heterocycles. The van der Waals surface area contributed by atoms with Gasteiger partial charge in [0, 0.05) is 6.54 Å². The number of halogens is 1. The van der Waals surface area contributed by atoms with E-state index in [1.54, 1.807) is 28.6 Å². The Bertz CT molecular complexity index is 822. The molecule has 1 unspecified atom stereocenters. The van der Waals surface area contributed by atoms with E-state index >= 15 is 0 Å². The van der Waals surface area contributed by atoms with Crippen molar-refractivity contribution in [2.24, 2.45) is 5.73 Å². The number of rotatable bonds is 4. The van der Waals surface area contributed by atoms with E-state index in [1.165, 1.54) is 10.4 Å². The molecule has 1 atom stereocenters. The average Bonchev–Trinajstić information content (AvgIpc) is 2.88. The largest absolute Gasteiger partial charge is 0.316 e. The SMILES string of the molecule is NC1CCCCN1CCN1c2ccccc2N(c2ccccc2F)S1(O)O. The van der Waals surface area contributed by atoms with Crippen molar-refractivity contribution in [1.29, 1.82) is 0 Å². The number of anilines is 3. The molecule has 0 bridgehead atoms. The average molecular weight is 393 g/mol. The van der Waals surface area contributed by atoms with Crippen LogP contribution in [0.2, 0.25) is 0 Å². The van der Waals surface area contributed by atoms with Crippen molar-refractivity contribution in [1.82, 2.24) is 4.90 Å². The molecule has 0 aliphatic carbocycles. The zero-order chi connectivity index (χ0) is 19.0. The monoisotopic (exact) mass is 392 g/mol. The number of piperidine rings is 1. The maximum atomic E-state index is 14.4. The maximum Gasteiger partial charge on any atom is 0.148 e. The zero-order valence-corrected chi connectivity index (χ0v) is 15.9. The summed E-state index contributed by atoms with van der Waals surface area (Å²) in [5.74, 6) is -0.493. The molecule has 1 fully saturated rings. The highest BCUT2D eigenvalue weighted by Gasteiger charge is 2.42. The van der Waals surface area contributed by atoms with E-state index < -0.39 is 16.8 Å². The third-order valence-corrected chi connectivity index (χ3v) is 7.09. The van der Waals surface area contributed by atoms with E-state index in [2.05, 4.69) is 4.90 Å². The molecule has 2 aliphatic heterocycles. The molecule has 0 spiro atoms. The van der Waals surface area contributed by atoms with Crippen molar-refractivity contribution in [3.63, 3.8) is 0 Å². The Labute approximate surface area is 160 Å². The van der Waals surface area contributed by atoms with E-state index in [9.17, 15) is 13.5 Å². The first kappa shape index (κ1) is 18.5. The maximum absolute atomic E-state index is 14.4.